The largest absolute Gasteiger partial charge is 1.00 e. The van der Waals surface area contributed by atoms with Gasteiger partial charge in [-0.25, -0.2) is 0 Å². The summed E-state index contributed by atoms with van der Waals surface area (Å²) in [6.07, 6.45) is 0. The predicted octanol–water partition coefficient (Wildman–Crippen LogP) is -7.38. The Bertz CT molecular complexity index is 475. The molecular formula is C8H35KO18Si8. The second-order valence-electron chi connectivity index (χ2n) is 8.00. The van der Waals surface area contributed by atoms with Crippen LogP contribution in [0.3, 0.4) is 0 Å². The van der Waals surface area contributed by atoms with E-state index in [9.17, 15) is 38.4 Å². The van der Waals surface area contributed by atoms with Gasteiger partial charge in [0.05, 0.1) is 0 Å². The van der Waals surface area contributed by atoms with Crippen LogP contribution in [0.1, 0.15) is 0 Å². The van der Waals surface area contributed by atoms with E-state index >= 15 is 0 Å². The van der Waals surface area contributed by atoms with Crippen molar-refractivity contribution in [2.24, 2.45) is 0 Å². The fraction of sp³-hybridized carbons (Fsp3) is 1.00. The van der Waals surface area contributed by atoms with Crippen molar-refractivity contribution in [2.75, 3.05) is 0 Å². The number of hydrogen-bond donors (Lipinski definition) is 8. The summed E-state index contributed by atoms with van der Waals surface area (Å²) >= 11 is 0. The molecule has 2 saturated heterocycles. The predicted molar refractivity (Wildman–Crippen MR) is 125 cm³/mol. The summed E-state index contributed by atoms with van der Waals surface area (Å²) in [5, 5.41) is 0. The van der Waals surface area contributed by atoms with Crippen LogP contribution < -0.4 is 51.4 Å². The van der Waals surface area contributed by atoms with Crippen LogP contribution in [-0.2, 0) is 32.9 Å². The van der Waals surface area contributed by atoms with Crippen LogP contribution >= 0.6 is 0 Å². The van der Waals surface area contributed by atoms with Gasteiger partial charge >= 0.3 is 122 Å². The first kappa shape index (κ1) is 42.1. The minimum Gasteiger partial charge on any atom is -0.870 e. The molecule has 0 unspecified atom stereocenters. The van der Waals surface area contributed by atoms with Gasteiger partial charge in [-0.3, -0.25) is 0 Å². The Morgan fingerprint density at radius 2 is 0.371 bits per heavy atom. The molecule has 0 radical (unpaired) electrons. The summed E-state index contributed by atoms with van der Waals surface area (Å²) in [6.45, 7) is 9.81. The maximum Gasteiger partial charge on any atom is 1.00 e. The van der Waals surface area contributed by atoms with E-state index in [1.807, 2.05) is 0 Å². The standard InChI is InChI=1S/2C4H16O8Si4.K.2H2O/c2*1-13(5)9-14(2,6)11-16(4,8)12-15(3,7)10-13;;;/h2*5-8H,1-4H3;;2*1H2/q;;+1;;/p-1. The minimum absolute atomic E-state index is 0. The van der Waals surface area contributed by atoms with Gasteiger partial charge in [-0.2, -0.15) is 0 Å². The molecule has 0 aromatic rings. The Labute approximate surface area is 253 Å². The SMILES string of the molecule is C[Si]1(O)O[Si](C)(O)O[Si](C)(O)O[Si](C)(O)O1.C[Si]1(O)O[Si](C)(O)O[Si](C)(O)O[Si](C)(O)O1.O.[K+].[OH-]. The summed E-state index contributed by atoms with van der Waals surface area (Å²) in [6, 6.07) is 0. The van der Waals surface area contributed by atoms with Gasteiger partial charge in [0, 0.05) is 52.4 Å². The van der Waals surface area contributed by atoms with Crippen molar-refractivity contribution < 1.29 is 134 Å². The quantitative estimate of drug-likeness (QED) is 0.110. The van der Waals surface area contributed by atoms with E-state index in [0.29, 0.717) is 0 Å². The maximum absolute atomic E-state index is 9.74. The van der Waals surface area contributed by atoms with Gasteiger partial charge in [0.15, 0.2) is 0 Å². The summed E-state index contributed by atoms with van der Waals surface area (Å²) in [7, 11) is -29.8. The second kappa shape index (κ2) is 13.5. The molecule has 2 fully saturated rings. The van der Waals surface area contributed by atoms with E-state index in [1.54, 1.807) is 0 Å². The number of rotatable bonds is 0. The van der Waals surface area contributed by atoms with Crippen LogP contribution in [-0.4, -0.2) is 120 Å². The molecule has 2 rings (SSSR count). The van der Waals surface area contributed by atoms with Gasteiger partial charge < -0.3 is 82.2 Å². The van der Waals surface area contributed by atoms with E-state index in [0.717, 1.165) is 0 Å². The van der Waals surface area contributed by atoms with Crippen LogP contribution in [0.25, 0.3) is 0 Å². The van der Waals surface area contributed by atoms with Crippen LogP contribution in [0.4, 0.5) is 0 Å². The Hall–Kier alpha value is 2.65. The molecule has 35 heavy (non-hydrogen) atoms. The summed E-state index contributed by atoms with van der Waals surface area (Å²) < 4.78 is 39.6. The smallest absolute Gasteiger partial charge is 0.870 e. The third kappa shape index (κ3) is 17.2. The second-order valence-corrected chi connectivity index (χ2v) is 28.9. The van der Waals surface area contributed by atoms with Gasteiger partial charge in [-0.1, -0.05) is 0 Å². The molecule has 0 spiro atoms. The molecule has 0 bridgehead atoms. The summed E-state index contributed by atoms with van der Waals surface area (Å²) in [4.78, 5) is 77.9. The zero-order valence-electron chi connectivity index (χ0n) is 20.8. The van der Waals surface area contributed by atoms with Crippen LogP contribution in [0.5, 0.6) is 0 Å². The normalized spacial score (nSPS) is 50.7. The van der Waals surface area contributed by atoms with E-state index in [2.05, 4.69) is 0 Å². The Morgan fingerprint density at radius 1 is 0.314 bits per heavy atom. The zero-order chi connectivity index (χ0) is 25.7. The first-order valence-corrected chi connectivity index (χ1v) is 27.2. The fourth-order valence-electron chi connectivity index (χ4n) is 2.98. The molecule has 27 heteroatoms. The molecule has 0 amide bonds. The van der Waals surface area contributed by atoms with E-state index < -0.39 is 70.4 Å². The minimum atomic E-state index is -3.72. The van der Waals surface area contributed by atoms with Gasteiger partial charge in [-0.05, 0) is 0 Å². The van der Waals surface area contributed by atoms with Gasteiger partial charge in [0.1, 0.15) is 0 Å². The van der Waals surface area contributed by atoms with Gasteiger partial charge in [0.2, 0.25) is 0 Å². The van der Waals surface area contributed by atoms with Crippen molar-refractivity contribution in [1.82, 2.24) is 0 Å². The molecule has 208 valence electrons. The Morgan fingerprint density at radius 3 is 0.429 bits per heavy atom. The summed E-state index contributed by atoms with van der Waals surface area (Å²) in [5.74, 6) is 0. The van der Waals surface area contributed by atoms with Crippen LogP contribution in [0.2, 0.25) is 52.4 Å². The zero-order valence-corrected chi connectivity index (χ0v) is 31.9. The van der Waals surface area contributed by atoms with E-state index in [-0.39, 0.29) is 62.3 Å². The monoisotopic (exact) mass is 682 g/mol. The van der Waals surface area contributed by atoms with Gasteiger partial charge in [0.25, 0.3) is 0 Å². The molecule has 0 aromatic carbocycles. The average Bonchev–Trinajstić information content (AvgIpc) is 2.21. The van der Waals surface area contributed by atoms with Crippen molar-refractivity contribution in [2.45, 2.75) is 52.4 Å². The first-order valence-electron chi connectivity index (χ1n) is 9.05. The molecule has 0 saturated carbocycles. The molecule has 2 aliphatic rings. The topological polar surface area (TPSA) is 297 Å². The molecule has 18 nitrogen and oxygen atoms in total. The summed E-state index contributed by atoms with van der Waals surface area (Å²) in [5.41, 5.74) is 0. The average molecular weight is 683 g/mol. The van der Waals surface area contributed by atoms with Crippen molar-refractivity contribution in [1.29, 1.82) is 0 Å². The van der Waals surface area contributed by atoms with Crippen molar-refractivity contribution in [3.8, 4) is 0 Å². The fourth-order valence-corrected chi connectivity index (χ4v) is 29.8. The first-order chi connectivity index (χ1) is 13.7. The molecule has 2 heterocycles. The molecule has 11 N–H and O–H groups in total. The Balaban J connectivity index is -0.000000539. The Kier molecular flexibility index (Phi) is 16.3. The van der Waals surface area contributed by atoms with Gasteiger partial charge in [-0.15, -0.1) is 0 Å². The number of hydrogen-bond acceptors (Lipinski definition) is 17. The molecule has 0 atom stereocenters. The molecule has 2 aliphatic heterocycles. The van der Waals surface area contributed by atoms with E-state index in [1.165, 1.54) is 52.4 Å². The van der Waals surface area contributed by atoms with Crippen LogP contribution in [0, 0.1) is 0 Å². The van der Waals surface area contributed by atoms with Crippen LogP contribution in [0.15, 0.2) is 0 Å². The third-order valence-electron chi connectivity index (χ3n) is 3.03. The van der Waals surface area contributed by atoms with Crippen molar-refractivity contribution in [3.63, 3.8) is 0 Å². The third-order valence-corrected chi connectivity index (χ3v) is 27.3. The van der Waals surface area contributed by atoms with Crippen molar-refractivity contribution in [3.05, 3.63) is 0 Å². The molecular weight excluding hydrogens is 648 g/mol. The maximum atomic E-state index is 9.74. The van der Waals surface area contributed by atoms with E-state index in [4.69, 9.17) is 32.9 Å². The molecule has 0 aromatic heterocycles. The van der Waals surface area contributed by atoms with Crippen molar-refractivity contribution >= 4 is 70.4 Å². The molecule has 0 aliphatic carbocycles.